The van der Waals surface area contributed by atoms with Gasteiger partial charge in [-0.3, -0.25) is 4.79 Å². The zero-order valence-electron chi connectivity index (χ0n) is 25.2. The lowest BCUT2D eigenvalue weighted by molar-refractivity contribution is 0.0287. The molecule has 1 saturated heterocycles. The lowest BCUT2D eigenvalue weighted by Crippen LogP contribution is -2.61. The fraction of sp³-hybridized carbons (Fsp3) is 0.633. The molecule has 1 saturated carbocycles. The number of amides is 1. The van der Waals surface area contributed by atoms with Gasteiger partial charge in [0.25, 0.3) is 5.91 Å². The summed E-state index contributed by atoms with van der Waals surface area (Å²) in [6.07, 6.45) is 5.40. The first-order valence-electron chi connectivity index (χ1n) is 14.2. The average molecular weight is 553 g/mol. The summed E-state index contributed by atoms with van der Waals surface area (Å²) in [5, 5.41) is 3.44. The zero-order valence-corrected chi connectivity index (χ0v) is 25.2. The Morgan fingerprint density at radius 2 is 1.88 bits per heavy atom. The van der Waals surface area contributed by atoms with E-state index in [0.717, 1.165) is 17.1 Å². The molecule has 2 fully saturated rings. The molecule has 0 spiro atoms. The minimum Gasteiger partial charge on any atom is -0.465 e. The SMILES string of the molecule is COC(=O)c1c(C)cc(N2CCN(C(=O)c3cnc(NCC(OC)C4CCC4)c(C(C)C)n3)C(C)(C)C2)nc1C. The van der Waals surface area contributed by atoms with Crippen LogP contribution in [0.1, 0.15) is 90.7 Å². The van der Waals surface area contributed by atoms with Gasteiger partial charge >= 0.3 is 5.97 Å². The number of rotatable bonds is 9. The molecule has 1 amide bonds. The number of methoxy groups -OCH3 is 2. The van der Waals surface area contributed by atoms with E-state index in [0.29, 0.717) is 54.9 Å². The van der Waals surface area contributed by atoms with Crippen molar-refractivity contribution in [3.05, 3.63) is 40.5 Å². The molecule has 0 bridgehead atoms. The number of carbonyl (C=O) groups excluding carboxylic acids is 2. The molecular formula is C30H44N6O4. The minimum atomic E-state index is -0.481. The zero-order chi connectivity index (χ0) is 29.2. The fourth-order valence-corrected chi connectivity index (χ4v) is 5.75. The smallest absolute Gasteiger partial charge is 0.339 e. The van der Waals surface area contributed by atoms with Gasteiger partial charge in [0.1, 0.15) is 17.3 Å². The van der Waals surface area contributed by atoms with E-state index in [2.05, 4.69) is 42.9 Å². The van der Waals surface area contributed by atoms with E-state index in [1.165, 1.54) is 26.4 Å². The van der Waals surface area contributed by atoms with Crippen LogP contribution in [-0.4, -0.2) is 83.8 Å². The van der Waals surface area contributed by atoms with Crippen molar-refractivity contribution in [1.82, 2.24) is 19.9 Å². The number of carbonyl (C=O) groups is 2. The normalized spacial score (nSPS) is 17.9. The Kier molecular flexibility index (Phi) is 8.97. The third-order valence-corrected chi connectivity index (χ3v) is 8.26. The maximum absolute atomic E-state index is 13.8. The van der Waals surface area contributed by atoms with Gasteiger partial charge in [-0.15, -0.1) is 0 Å². The first kappa shape index (κ1) is 29.7. The van der Waals surface area contributed by atoms with Gasteiger partial charge in [0.15, 0.2) is 0 Å². The molecule has 10 heteroatoms. The van der Waals surface area contributed by atoms with E-state index >= 15 is 0 Å². The summed E-state index contributed by atoms with van der Waals surface area (Å²) in [5.41, 5.74) is 2.60. The molecule has 1 aliphatic carbocycles. The van der Waals surface area contributed by atoms with Gasteiger partial charge in [-0.05, 0) is 64.0 Å². The van der Waals surface area contributed by atoms with Crippen LogP contribution in [0.4, 0.5) is 11.6 Å². The van der Waals surface area contributed by atoms with Gasteiger partial charge in [0.05, 0.1) is 41.9 Å². The summed E-state index contributed by atoms with van der Waals surface area (Å²) in [6, 6.07) is 1.91. The molecule has 4 rings (SSSR count). The van der Waals surface area contributed by atoms with Crippen molar-refractivity contribution in [2.24, 2.45) is 5.92 Å². The van der Waals surface area contributed by atoms with E-state index in [-0.39, 0.29) is 23.9 Å². The number of hydrogen-bond acceptors (Lipinski definition) is 9. The highest BCUT2D eigenvalue weighted by molar-refractivity contribution is 5.93. The van der Waals surface area contributed by atoms with Crippen LogP contribution in [0.15, 0.2) is 12.3 Å². The Labute approximate surface area is 237 Å². The molecule has 1 unspecified atom stereocenters. The Bertz CT molecular complexity index is 1220. The number of nitrogens with one attached hydrogen (secondary N) is 1. The molecule has 1 atom stereocenters. The second-order valence-electron chi connectivity index (χ2n) is 11.9. The summed E-state index contributed by atoms with van der Waals surface area (Å²) in [4.78, 5) is 44.1. The van der Waals surface area contributed by atoms with E-state index < -0.39 is 5.54 Å². The maximum Gasteiger partial charge on any atom is 0.339 e. The van der Waals surface area contributed by atoms with Gasteiger partial charge in [0.2, 0.25) is 0 Å². The molecule has 10 nitrogen and oxygen atoms in total. The molecule has 0 aromatic carbocycles. The molecule has 2 aromatic heterocycles. The summed E-state index contributed by atoms with van der Waals surface area (Å²) in [5.74, 6) is 1.67. The first-order valence-corrected chi connectivity index (χ1v) is 14.2. The molecule has 1 aliphatic heterocycles. The van der Waals surface area contributed by atoms with Crippen molar-refractivity contribution in [2.45, 2.75) is 78.4 Å². The number of hydrogen-bond donors (Lipinski definition) is 1. The van der Waals surface area contributed by atoms with E-state index in [4.69, 9.17) is 19.4 Å². The van der Waals surface area contributed by atoms with Crippen LogP contribution >= 0.6 is 0 Å². The van der Waals surface area contributed by atoms with Crippen LogP contribution in [0, 0.1) is 19.8 Å². The highest BCUT2D eigenvalue weighted by Gasteiger charge is 2.39. The van der Waals surface area contributed by atoms with Crippen LogP contribution in [0.2, 0.25) is 0 Å². The predicted molar refractivity (Wildman–Crippen MR) is 155 cm³/mol. The molecular weight excluding hydrogens is 508 g/mol. The predicted octanol–water partition coefficient (Wildman–Crippen LogP) is 4.37. The lowest BCUT2D eigenvalue weighted by Gasteiger charge is -2.47. The van der Waals surface area contributed by atoms with Crippen LogP contribution < -0.4 is 10.2 Å². The highest BCUT2D eigenvalue weighted by Crippen LogP contribution is 2.32. The molecule has 3 heterocycles. The number of piperazine rings is 1. The monoisotopic (exact) mass is 552 g/mol. The summed E-state index contributed by atoms with van der Waals surface area (Å²) in [7, 11) is 3.14. The summed E-state index contributed by atoms with van der Waals surface area (Å²) >= 11 is 0. The largest absolute Gasteiger partial charge is 0.465 e. The molecule has 2 aromatic rings. The summed E-state index contributed by atoms with van der Waals surface area (Å²) < 4.78 is 10.6. The van der Waals surface area contributed by atoms with Gasteiger partial charge in [-0.2, -0.15) is 0 Å². The standard InChI is InChI=1S/C30H44N6O4/c1-18(2)26-27(32-16-23(39-7)21-10-9-11-21)31-15-22(34-26)28(37)36-13-12-35(17-30(36,5)6)24-14-19(3)25(20(4)33-24)29(38)40-8/h14-15,18,21,23H,9-13,16-17H2,1-8H3,(H,31,32). The van der Waals surface area contributed by atoms with Gasteiger partial charge in [0, 0.05) is 33.3 Å². The third-order valence-electron chi connectivity index (χ3n) is 8.26. The van der Waals surface area contributed by atoms with Crippen molar-refractivity contribution >= 4 is 23.5 Å². The van der Waals surface area contributed by atoms with Crippen molar-refractivity contribution in [3.63, 3.8) is 0 Å². The van der Waals surface area contributed by atoms with Crippen molar-refractivity contribution in [2.75, 3.05) is 50.6 Å². The second-order valence-corrected chi connectivity index (χ2v) is 11.9. The maximum atomic E-state index is 13.8. The number of aromatic nitrogens is 3. The molecule has 218 valence electrons. The van der Waals surface area contributed by atoms with Crippen LogP contribution in [0.5, 0.6) is 0 Å². The Morgan fingerprint density at radius 3 is 2.42 bits per heavy atom. The Morgan fingerprint density at radius 1 is 1.15 bits per heavy atom. The van der Waals surface area contributed by atoms with Crippen LogP contribution in [0.25, 0.3) is 0 Å². The first-order chi connectivity index (χ1) is 19.0. The fourth-order valence-electron chi connectivity index (χ4n) is 5.75. The van der Waals surface area contributed by atoms with E-state index in [9.17, 15) is 9.59 Å². The van der Waals surface area contributed by atoms with Crippen molar-refractivity contribution < 1.29 is 19.1 Å². The molecule has 1 N–H and O–H groups in total. The molecule has 2 aliphatic rings. The van der Waals surface area contributed by atoms with Gasteiger partial charge < -0.3 is 24.6 Å². The Hall–Kier alpha value is -3.27. The van der Waals surface area contributed by atoms with Crippen LogP contribution in [0.3, 0.4) is 0 Å². The highest BCUT2D eigenvalue weighted by atomic mass is 16.5. The van der Waals surface area contributed by atoms with E-state index in [1.54, 1.807) is 13.3 Å². The Balaban J connectivity index is 1.49. The summed E-state index contributed by atoms with van der Waals surface area (Å²) in [6.45, 7) is 14.3. The van der Waals surface area contributed by atoms with Gasteiger partial charge in [-0.1, -0.05) is 20.3 Å². The van der Waals surface area contributed by atoms with Crippen molar-refractivity contribution in [1.29, 1.82) is 0 Å². The second kappa shape index (κ2) is 12.1. The van der Waals surface area contributed by atoms with E-state index in [1.807, 2.05) is 24.8 Å². The number of nitrogens with zero attached hydrogens (tertiary/aromatic N) is 5. The van der Waals surface area contributed by atoms with Gasteiger partial charge in [-0.25, -0.2) is 19.7 Å². The molecule has 0 radical (unpaired) electrons. The van der Waals surface area contributed by atoms with Crippen LogP contribution in [-0.2, 0) is 9.47 Å². The number of anilines is 2. The topological polar surface area (TPSA) is 110 Å². The number of pyridine rings is 1. The number of ether oxygens (including phenoxy) is 2. The third kappa shape index (κ3) is 6.06. The van der Waals surface area contributed by atoms with Crippen molar-refractivity contribution in [3.8, 4) is 0 Å². The minimum absolute atomic E-state index is 0.0998. The molecule has 40 heavy (non-hydrogen) atoms. The number of aryl methyl sites for hydroxylation is 2. The lowest BCUT2D eigenvalue weighted by atomic mass is 9.81. The number of esters is 1. The quantitative estimate of drug-likeness (QED) is 0.454. The average Bonchev–Trinajstić information content (AvgIpc) is 2.88.